The summed E-state index contributed by atoms with van der Waals surface area (Å²) in [5.41, 5.74) is 0.743. The Bertz CT molecular complexity index is 278. The smallest absolute Gasteiger partial charge is 0.312 e. The molecule has 66 valence electrons. The summed E-state index contributed by atoms with van der Waals surface area (Å²) in [5, 5.41) is 6.88. The number of rotatable bonds is 2. The van der Waals surface area contributed by atoms with Gasteiger partial charge in [-0.15, -0.1) is 0 Å². The lowest BCUT2D eigenvalue weighted by Gasteiger charge is -2.37. The van der Waals surface area contributed by atoms with E-state index in [1.165, 1.54) is 0 Å². The summed E-state index contributed by atoms with van der Waals surface area (Å²) in [4.78, 5) is 0. The molecule has 12 heavy (non-hydrogen) atoms. The van der Waals surface area contributed by atoms with Gasteiger partial charge in [0.1, 0.15) is 5.60 Å². The summed E-state index contributed by atoms with van der Waals surface area (Å²) < 4.78 is 10.5. The third-order valence-corrected chi connectivity index (χ3v) is 1.95. The fraction of sp³-hybridized carbons (Fsp3) is 0.625. The first-order chi connectivity index (χ1) is 5.68. The van der Waals surface area contributed by atoms with Gasteiger partial charge < -0.3 is 14.6 Å². The number of hydrogen-bond acceptors (Lipinski definition) is 4. The molecule has 0 radical (unpaired) electrons. The van der Waals surface area contributed by atoms with Gasteiger partial charge in [0.25, 0.3) is 0 Å². The summed E-state index contributed by atoms with van der Waals surface area (Å²) in [5.74, 6) is 0.511. The minimum atomic E-state index is -0.105. The van der Waals surface area contributed by atoms with Gasteiger partial charge in [-0.25, -0.2) is 0 Å². The van der Waals surface area contributed by atoms with E-state index in [1.807, 2.05) is 13.8 Å². The number of aromatic nitrogens is 1. The monoisotopic (exact) mass is 168 g/mol. The van der Waals surface area contributed by atoms with Crippen LogP contribution in [0.2, 0.25) is 0 Å². The van der Waals surface area contributed by atoms with Crippen molar-refractivity contribution < 1.29 is 9.26 Å². The first kappa shape index (κ1) is 7.61. The normalized spacial score (nSPS) is 20.2. The maximum absolute atomic E-state index is 5.57. The third-order valence-electron chi connectivity index (χ3n) is 1.95. The molecule has 1 aliphatic heterocycles. The molecular weight excluding hydrogens is 156 g/mol. The first-order valence-electron chi connectivity index (χ1n) is 4.01. The molecule has 0 saturated carbocycles. The second kappa shape index (κ2) is 2.48. The van der Waals surface area contributed by atoms with Gasteiger partial charge in [0.05, 0.1) is 5.69 Å². The van der Waals surface area contributed by atoms with Crippen molar-refractivity contribution in [3.8, 4) is 5.95 Å². The van der Waals surface area contributed by atoms with Crippen molar-refractivity contribution in [1.82, 2.24) is 10.5 Å². The molecule has 1 aromatic rings. The largest absolute Gasteiger partial charge is 0.455 e. The molecule has 1 aromatic heterocycles. The van der Waals surface area contributed by atoms with Gasteiger partial charge in [0.2, 0.25) is 0 Å². The maximum Gasteiger partial charge on any atom is 0.312 e. The number of nitrogens with zero attached hydrogens (tertiary/aromatic N) is 1. The van der Waals surface area contributed by atoms with Crippen LogP contribution in [-0.4, -0.2) is 23.8 Å². The van der Waals surface area contributed by atoms with Gasteiger partial charge in [-0.1, -0.05) is 5.16 Å². The van der Waals surface area contributed by atoms with Crippen LogP contribution in [0.4, 0.5) is 0 Å². The molecule has 0 aliphatic carbocycles. The summed E-state index contributed by atoms with van der Waals surface area (Å²) in [6, 6.07) is 1.80. The number of aryl methyl sites for hydroxylation is 1. The molecule has 0 spiro atoms. The van der Waals surface area contributed by atoms with Crippen LogP contribution < -0.4 is 10.1 Å². The maximum atomic E-state index is 5.57. The number of ether oxygens (including phenoxy) is 1. The van der Waals surface area contributed by atoms with E-state index in [0.717, 1.165) is 18.8 Å². The molecule has 0 atom stereocenters. The van der Waals surface area contributed by atoms with Crippen LogP contribution in [0.15, 0.2) is 10.6 Å². The highest BCUT2D eigenvalue weighted by Gasteiger charge is 2.34. The Kier molecular flexibility index (Phi) is 1.58. The predicted molar refractivity (Wildman–Crippen MR) is 43.1 cm³/mol. The highest BCUT2D eigenvalue weighted by Crippen LogP contribution is 2.21. The molecule has 0 bridgehead atoms. The Morgan fingerprint density at radius 3 is 2.83 bits per heavy atom. The third kappa shape index (κ3) is 1.30. The van der Waals surface area contributed by atoms with Gasteiger partial charge in [-0.2, -0.15) is 0 Å². The topological polar surface area (TPSA) is 47.3 Å². The summed E-state index contributed by atoms with van der Waals surface area (Å²) >= 11 is 0. The van der Waals surface area contributed by atoms with E-state index in [2.05, 4.69) is 10.5 Å². The van der Waals surface area contributed by atoms with Gasteiger partial charge in [-0.3, -0.25) is 0 Å². The fourth-order valence-corrected chi connectivity index (χ4v) is 1.18. The lowest BCUT2D eigenvalue weighted by Crippen LogP contribution is -2.60. The minimum absolute atomic E-state index is 0.105. The van der Waals surface area contributed by atoms with Crippen molar-refractivity contribution in [2.45, 2.75) is 19.4 Å². The van der Waals surface area contributed by atoms with Crippen molar-refractivity contribution in [1.29, 1.82) is 0 Å². The van der Waals surface area contributed by atoms with E-state index >= 15 is 0 Å². The quantitative estimate of drug-likeness (QED) is 0.707. The Morgan fingerprint density at radius 1 is 1.67 bits per heavy atom. The second-order valence-electron chi connectivity index (χ2n) is 3.44. The van der Waals surface area contributed by atoms with E-state index in [1.54, 1.807) is 6.07 Å². The van der Waals surface area contributed by atoms with Crippen molar-refractivity contribution in [2.24, 2.45) is 0 Å². The first-order valence-corrected chi connectivity index (χ1v) is 4.01. The Hall–Kier alpha value is -1.03. The average Bonchev–Trinajstić information content (AvgIpc) is 2.32. The van der Waals surface area contributed by atoms with Crippen molar-refractivity contribution in [2.75, 3.05) is 13.1 Å². The van der Waals surface area contributed by atoms with Crippen LogP contribution >= 0.6 is 0 Å². The van der Waals surface area contributed by atoms with Crippen LogP contribution in [0.5, 0.6) is 5.95 Å². The van der Waals surface area contributed by atoms with E-state index < -0.39 is 0 Å². The van der Waals surface area contributed by atoms with E-state index in [4.69, 9.17) is 9.26 Å². The average molecular weight is 168 g/mol. The van der Waals surface area contributed by atoms with E-state index in [9.17, 15) is 0 Å². The highest BCUT2D eigenvalue weighted by molar-refractivity contribution is 5.11. The van der Waals surface area contributed by atoms with Crippen molar-refractivity contribution in [3.63, 3.8) is 0 Å². The summed E-state index contributed by atoms with van der Waals surface area (Å²) in [6.45, 7) is 5.65. The SMILES string of the molecule is Cc1cc(OC2(C)CNC2)on1. The number of nitrogens with one attached hydrogen (secondary N) is 1. The van der Waals surface area contributed by atoms with Crippen LogP contribution in [-0.2, 0) is 0 Å². The zero-order valence-electron chi connectivity index (χ0n) is 7.26. The van der Waals surface area contributed by atoms with E-state index in [0.29, 0.717) is 5.95 Å². The second-order valence-corrected chi connectivity index (χ2v) is 3.44. The minimum Gasteiger partial charge on any atom is -0.455 e. The fourth-order valence-electron chi connectivity index (χ4n) is 1.18. The van der Waals surface area contributed by atoms with Crippen LogP contribution in [0.1, 0.15) is 12.6 Å². The van der Waals surface area contributed by atoms with Crippen LogP contribution in [0.25, 0.3) is 0 Å². The van der Waals surface area contributed by atoms with Crippen LogP contribution in [0, 0.1) is 6.92 Å². The van der Waals surface area contributed by atoms with Crippen molar-refractivity contribution >= 4 is 0 Å². The zero-order valence-corrected chi connectivity index (χ0v) is 7.26. The predicted octanol–water partition coefficient (Wildman–Crippen LogP) is 0.724. The number of hydrogen-bond donors (Lipinski definition) is 1. The van der Waals surface area contributed by atoms with Gasteiger partial charge in [0, 0.05) is 19.2 Å². The zero-order chi connectivity index (χ0) is 8.60. The molecule has 1 fully saturated rings. The molecular formula is C8H12N2O2. The molecule has 0 amide bonds. The van der Waals surface area contributed by atoms with Gasteiger partial charge in [0.15, 0.2) is 0 Å². The summed E-state index contributed by atoms with van der Waals surface area (Å²) in [7, 11) is 0. The lowest BCUT2D eigenvalue weighted by atomic mass is 10.0. The molecule has 4 nitrogen and oxygen atoms in total. The molecule has 2 heterocycles. The highest BCUT2D eigenvalue weighted by atomic mass is 16.6. The molecule has 1 N–H and O–H groups in total. The van der Waals surface area contributed by atoms with Gasteiger partial charge in [-0.05, 0) is 13.8 Å². The Balaban J connectivity index is 2.03. The molecule has 1 saturated heterocycles. The Labute approximate surface area is 70.9 Å². The van der Waals surface area contributed by atoms with Crippen LogP contribution in [0.3, 0.4) is 0 Å². The molecule has 1 aliphatic rings. The lowest BCUT2D eigenvalue weighted by molar-refractivity contribution is 0.00801. The van der Waals surface area contributed by atoms with E-state index in [-0.39, 0.29) is 5.60 Å². The summed E-state index contributed by atoms with van der Waals surface area (Å²) in [6.07, 6.45) is 0. The Morgan fingerprint density at radius 2 is 2.42 bits per heavy atom. The molecule has 2 rings (SSSR count). The molecule has 4 heteroatoms. The van der Waals surface area contributed by atoms with Crippen molar-refractivity contribution in [3.05, 3.63) is 11.8 Å². The molecule has 0 unspecified atom stereocenters. The molecule has 0 aromatic carbocycles. The van der Waals surface area contributed by atoms with Gasteiger partial charge >= 0.3 is 5.95 Å². The standard InChI is InChI=1S/C8H12N2O2/c1-6-3-7(12-10-6)11-8(2)4-9-5-8/h3,9H,4-5H2,1-2H3.